The van der Waals surface area contributed by atoms with E-state index < -0.39 is 21.6 Å². The number of ether oxygens (including phenoxy) is 2. The summed E-state index contributed by atoms with van der Waals surface area (Å²) in [5.74, 6) is -0.0330. The van der Waals surface area contributed by atoms with Crippen LogP contribution in [0.15, 0.2) is 48.5 Å². The lowest BCUT2D eigenvalue weighted by molar-refractivity contribution is 0.00629. The molecule has 6 nitrogen and oxygen atoms in total. The van der Waals surface area contributed by atoms with Crippen LogP contribution in [0.2, 0.25) is 0 Å². The first-order valence-corrected chi connectivity index (χ1v) is 10.6. The molecule has 148 valence electrons. The molecule has 0 aliphatic carbocycles. The van der Waals surface area contributed by atoms with E-state index in [1.165, 1.54) is 0 Å². The lowest BCUT2D eigenvalue weighted by atomic mass is 10.0. The summed E-state index contributed by atoms with van der Waals surface area (Å²) in [4.78, 5) is 13.1. The van der Waals surface area contributed by atoms with Crippen molar-refractivity contribution in [3.8, 4) is 16.9 Å². The maximum absolute atomic E-state index is 13.1. The molecule has 0 radical (unpaired) electrons. The lowest BCUT2D eigenvalue weighted by Crippen LogP contribution is -2.27. The minimum absolute atomic E-state index is 0.0104. The van der Waals surface area contributed by atoms with Gasteiger partial charge in [0.2, 0.25) is 10.0 Å². The molecule has 0 spiro atoms. The molecule has 1 aromatic heterocycles. The maximum Gasteiger partial charge on any atom is 0.357 e. The fraction of sp³-hybridized carbons (Fsp3) is 0.286. The molecule has 0 aliphatic heterocycles. The third-order valence-corrected chi connectivity index (χ3v) is 5.18. The Morgan fingerprint density at radius 3 is 2.14 bits per heavy atom. The predicted octanol–water partition coefficient (Wildman–Crippen LogP) is 4.08. The third kappa shape index (κ3) is 3.75. The number of fused-ring (bicyclic) bond motifs is 1. The standard InChI is InChI=1S/C21H23NO5S/c1-21(2,3)27-20(23)19-18(14-10-12-15(26-4)13-11-14)16-8-6-7-9-17(16)22(19)28(5,24)25/h6-13H,1-5H3. The minimum Gasteiger partial charge on any atom is -0.497 e. The summed E-state index contributed by atoms with van der Waals surface area (Å²) in [5.41, 5.74) is 0.853. The van der Waals surface area contributed by atoms with E-state index in [0.29, 0.717) is 27.8 Å². The second-order valence-corrected chi connectivity index (χ2v) is 9.33. The van der Waals surface area contributed by atoms with Crippen molar-refractivity contribution < 1.29 is 22.7 Å². The van der Waals surface area contributed by atoms with Gasteiger partial charge in [0.15, 0.2) is 5.69 Å². The number of para-hydroxylation sites is 1. The van der Waals surface area contributed by atoms with E-state index >= 15 is 0 Å². The van der Waals surface area contributed by atoms with Crippen molar-refractivity contribution in [1.82, 2.24) is 3.97 Å². The molecule has 0 atom stereocenters. The van der Waals surface area contributed by atoms with Gasteiger partial charge in [0.05, 0.1) is 18.9 Å². The Hall–Kier alpha value is -2.80. The quantitative estimate of drug-likeness (QED) is 0.616. The highest BCUT2D eigenvalue weighted by atomic mass is 32.2. The predicted molar refractivity (Wildman–Crippen MR) is 109 cm³/mol. The van der Waals surface area contributed by atoms with Crippen LogP contribution in [0, 0.1) is 0 Å². The number of aromatic nitrogens is 1. The zero-order valence-corrected chi connectivity index (χ0v) is 17.3. The van der Waals surface area contributed by atoms with Gasteiger partial charge in [-0.3, -0.25) is 0 Å². The van der Waals surface area contributed by atoms with Gasteiger partial charge in [-0.05, 0) is 44.5 Å². The molecule has 0 unspecified atom stereocenters. The number of carbonyl (C=O) groups is 1. The van der Waals surface area contributed by atoms with Crippen LogP contribution in [-0.2, 0) is 14.8 Å². The Morgan fingerprint density at radius 2 is 1.61 bits per heavy atom. The van der Waals surface area contributed by atoms with Gasteiger partial charge in [0.1, 0.15) is 11.4 Å². The van der Waals surface area contributed by atoms with E-state index in [4.69, 9.17) is 9.47 Å². The molecule has 7 heteroatoms. The Bertz CT molecular complexity index is 1140. The summed E-state index contributed by atoms with van der Waals surface area (Å²) < 4.78 is 37.1. The van der Waals surface area contributed by atoms with Gasteiger partial charge in [-0.25, -0.2) is 17.2 Å². The van der Waals surface area contributed by atoms with Crippen LogP contribution in [0.25, 0.3) is 22.0 Å². The largest absolute Gasteiger partial charge is 0.497 e. The summed E-state index contributed by atoms with van der Waals surface area (Å²) in [7, 11) is -2.20. The molecule has 28 heavy (non-hydrogen) atoms. The highest BCUT2D eigenvalue weighted by Gasteiger charge is 2.31. The van der Waals surface area contributed by atoms with Crippen LogP contribution in [-0.4, -0.2) is 37.3 Å². The molecule has 0 bridgehead atoms. The number of esters is 1. The fourth-order valence-electron chi connectivity index (χ4n) is 3.12. The number of rotatable bonds is 4. The van der Waals surface area contributed by atoms with E-state index in [-0.39, 0.29) is 5.69 Å². The van der Waals surface area contributed by atoms with Crippen molar-refractivity contribution in [1.29, 1.82) is 0 Å². The van der Waals surface area contributed by atoms with Gasteiger partial charge in [-0.15, -0.1) is 0 Å². The monoisotopic (exact) mass is 401 g/mol. The maximum atomic E-state index is 13.1. The molecule has 0 saturated carbocycles. The Morgan fingerprint density at radius 1 is 1.00 bits per heavy atom. The van der Waals surface area contributed by atoms with Crippen LogP contribution >= 0.6 is 0 Å². The van der Waals surface area contributed by atoms with E-state index in [9.17, 15) is 13.2 Å². The van der Waals surface area contributed by atoms with Crippen molar-refractivity contribution in [3.05, 3.63) is 54.2 Å². The number of nitrogens with zero attached hydrogens (tertiary/aromatic N) is 1. The average molecular weight is 401 g/mol. The molecule has 0 amide bonds. The summed E-state index contributed by atoms with van der Waals surface area (Å²) in [6, 6.07) is 14.1. The van der Waals surface area contributed by atoms with Crippen LogP contribution in [0.3, 0.4) is 0 Å². The fourth-order valence-corrected chi connectivity index (χ4v) is 4.13. The SMILES string of the molecule is COc1ccc(-c2c(C(=O)OC(C)(C)C)n(S(C)(=O)=O)c3ccccc23)cc1. The highest BCUT2D eigenvalue weighted by Crippen LogP contribution is 2.37. The molecule has 2 aromatic carbocycles. The third-order valence-electron chi connectivity index (χ3n) is 4.13. The summed E-state index contributed by atoms with van der Waals surface area (Å²) in [5, 5.41) is 0.652. The molecular weight excluding hydrogens is 378 g/mol. The number of hydrogen-bond donors (Lipinski definition) is 0. The number of hydrogen-bond acceptors (Lipinski definition) is 5. The normalized spacial score (nSPS) is 12.2. The van der Waals surface area contributed by atoms with Crippen molar-refractivity contribution >= 4 is 26.9 Å². The molecular formula is C21H23NO5S. The molecule has 0 aliphatic rings. The van der Waals surface area contributed by atoms with Crippen LogP contribution in [0.5, 0.6) is 5.75 Å². The molecule has 3 aromatic rings. The van der Waals surface area contributed by atoms with Gasteiger partial charge in [0.25, 0.3) is 0 Å². The van der Waals surface area contributed by atoms with Crippen LogP contribution in [0.4, 0.5) is 0 Å². The first-order chi connectivity index (χ1) is 13.0. The zero-order chi connectivity index (χ0) is 20.7. The number of carbonyl (C=O) groups excluding carboxylic acids is 1. The van der Waals surface area contributed by atoms with E-state index in [2.05, 4.69) is 0 Å². The summed E-state index contributed by atoms with van der Waals surface area (Å²) in [6.07, 6.45) is 1.07. The zero-order valence-electron chi connectivity index (χ0n) is 16.5. The van der Waals surface area contributed by atoms with E-state index in [0.717, 1.165) is 10.2 Å². The van der Waals surface area contributed by atoms with Crippen molar-refractivity contribution in [2.24, 2.45) is 0 Å². The van der Waals surface area contributed by atoms with Crippen molar-refractivity contribution in [2.45, 2.75) is 26.4 Å². The Balaban J connectivity index is 2.41. The molecule has 1 heterocycles. The van der Waals surface area contributed by atoms with Crippen LogP contribution in [0.1, 0.15) is 31.3 Å². The number of benzene rings is 2. The lowest BCUT2D eigenvalue weighted by Gasteiger charge is -2.20. The Labute approximate surface area is 164 Å². The summed E-state index contributed by atoms with van der Waals surface area (Å²) >= 11 is 0. The van der Waals surface area contributed by atoms with Gasteiger partial charge in [-0.1, -0.05) is 30.3 Å². The second-order valence-electron chi connectivity index (χ2n) is 7.50. The minimum atomic E-state index is -3.77. The van der Waals surface area contributed by atoms with Crippen molar-refractivity contribution in [3.63, 3.8) is 0 Å². The van der Waals surface area contributed by atoms with Gasteiger partial charge in [0, 0.05) is 10.9 Å². The average Bonchev–Trinajstić information content (AvgIpc) is 2.96. The van der Waals surface area contributed by atoms with Gasteiger partial charge < -0.3 is 9.47 Å². The van der Waals surface area contributed by atoms with Gasteiger partial charge in [-0.2, -0.15) is 0 Å². The first kappa shape index (κ1) is 19.9. The van der Waals surface area contributed by atoms with Gasteiger partial charge >= 0.3 is 5.97 Å². The second kappa shape index (κ2) is 6.98. The highest BCUT2D eigenvalue weighted by molar-refractivity contribution is 7.89. The van der Waals surface area contributed by atoms with Crippen LogP contribution < -0.4 is 4.74 Å². The molecule has 0 fully saturated rings. The van der Waals surface area contributed by atoms with E-state index in [1.807, 2.05) is 0 Å². The molecule has 0 N–H and O–H groups in total. The van der Waals surface area contributed by atoms with E-state index in [1.54, 1.807) is 76.4 Å². The van der Waals surface area contributed by atoms with Crippen molar-refractivity contribution in [2.75, 3.05) is 13.4 Å². The first-order valence-electron chi connectivity index (χ1n) is 8.74. The number of methoxy groups -OCH3 is 1. The molecule has 0 saturated heterocycles. The smallest absolute Gasteiger partial charge is 0.357 e. The Kier molecular flexibility index (Phi) is 4.97. The summed E-state index contributed by atoms with van der Waals surface area (Å²) in [6.45, 7) is 5.22. The molecule has 3 rings (SSSR count). The topological polar surface area (TPSA) is 74.6 Å².